The molecule has 0 bridgehead atoms. The SMILES string of the molecule is CCOC[C@H]1CN(C(=O)c2cnoc2C)Cc2cnn(C)c21. The Balaban J connectivity index is 1.87. The molecule has 22 heavy (non-hydrogen) atoms. The van der Waals surface area contributed by atoms with E-state index in [-0.39, 0.29) is 11.8 Å². The van der Waals surface area contributed by atoms with Crippen molar-refractivity contribution in [1.82, 2.24) is 19.8 Å². The van der Waals surface area contributed by atoms with Gasteiger partial charge in [0.05, 0.1) is 24.7 Å². The van der Waals surface area contributed by atoms with Crippen LogP contribution in [-0.2, 0) is 18.3 Å². The van der Waals surface area contributed by atoms with E-state index in [0.29, 0.717) is 37.6 Å². The molecule has 0 radical (unpaired) electrons. The minimum absolute atomic E-state index is 0.0604. The number of hydrogen-bond acceptors (Lipinski definition) is 5. The second-order valence-corrected chi connectivity index (χ2v) is 5.52. The lowest BCUT2D eigenvalue weighted by molar-refractivity contribution is 0.0646. The first-order valence-corrected chi connectivity index (χ1v) is 7.40. The van der Waals surface area contributed by atoms with Crippen LogP contribution in [0.15, 0.2) is 16.9 Å². The molecule has 0 saturated heterocycles. The largest absolute Gasteiger partial charge is 0.381 e. The van der Waals surface area contributed by atoms with Gasteiger partial charge >= 0.3 is 0 Å². The van der Waals surface area contributed by atoms with Crippen LogP contribution in [-0.4, -0.2) is 45.5 Å². The monoisotopic (exact) mass is 304 g/mol. The third-order valence-electron chi connectivity index (χ3n) is 4.04. The van der Waals surface area contributed by atoms with Crippen LogP contribution in [0.5, 0.6) is 0 Å². The molecule has 118 valence electrons. The predicted octanol–water partition coefficient (Wildman–Crippen LogP) is 1.49. The van der Waals surface area contributed by atoms with E-state index in [1.165, 1.54) is 6.20 Å². The van der Waals surface area contributed by atoms with E-state index in [1.807, 2.05) is 29.7 Å². The van der Waals surface area contributed by atoms with Crippen molar-refractivity contribution >= 4 is 5.91 Å². The summed E-state index contributed by atoms with van der Waals surface area (Å²) in [5.41, 5.74) is 2.74. The minimum atomic E-state index is -0.0604. The number of aromatic nitrogens is 3. The maximum absolute atomic E-state index is 12.7. The molecule has 1 aliphatic heterocycles. The van der Waals surface area contributed by atoms with Gasteiger partial charge in [-0.2, -0.15) is 5.10 Å². The standard InChI is InChI=1S/C15H20N4O3/c1-4-21-9-12-8-19(7-11-5-16-18(3)14(11)12)15(20)13-6-17-22-10(13)2/h5-6,12H,4,7-9H2,1-3H3/t12-/m1/s1. The first kappa shape index (κ1) is 14.8. The Morgan fingerprint density at radius 2 is 2.32 bits per heavy atom. The molecule has 1 aliphatic rings. The van der Waals surface area contributed by atoms with Crippen LogP contribution in [0.25, 0.3) is 0 Å². The van der Waals surface area contributed by atoms with Crippen molar-refractivity contribution in [2.75, 3.05) is 19.8 Å². The van der Waals surface area contributed by atoms with E-state index < -0.39 is 0 Å². The van der Waals surface area contributed by atoms with Gasteiger partial charge in [0.15, 0.2) is 0 Å². The summed E-state index contributed by atoms with van der Waals surface area (Å²) < 4.78 is 12.5. The summed E-state index contributed by atoms with van der Waals surface area (Å²) in [5, 5.41) is 8.01. The number of amides is 1. The molecule has 1 amide bonds. The lowest BCUT2D eigenvalue weighted by atomic mass is 9.96. The maximum atomic E-state index is 12.7. The number of rotatable bonds is 4. The van der Waals surface area contributed by atoms with Crippen molar-refractivity contribution in [3.8, 4) is 0 Å². The summed E-state index contributed by atoms with van der Waals surface area (Å²) in [6.45, 7) is 6.11. The van der Waals surface area contributed by atoms with Crippen molar-refractivity contribution in [2.24, 2.45) is 7.05 Å². The highest BCUT2D eigenvalue weighted by Crippen LogP contribution is 2.29. The smallest absolute Gasteiger partial charge is 0.259 e. The van der Waals surface area contributed by atoms with Gasteiger partial charge in [-0.3, -0.25) is 9.48 Å². The number of carbonyl (C=O) groups is 1. The van der Waals surface area contributed by atoms with Gasteiger partial charge in [0, 0.05) is 38.2 Å². The van der Waals surface area contributed by atoms with E-state index in [4.69, 9.17) is 9.26 Å². The van der Waals surface area contributed by atoms with Gasteiger partial charge in [0.25, 0.3) is 5.91 Å². The second kappa shape index (κ2) is 5.92. The molecule has 2 aromatic rings. The number of ether oxygens (including phenoxy) is 1. The molecule has 3 rings (SSSR count). The van der Waals surface area contributed by atoms with Gasteiger partial charge < -0.3 is 14.2 Å². The highest BCUT2D eigenvalue weighted by atomic mass is 16.5. The van der Waals surface area contributed by atoms with Gasteiger partial charge in [-0.15, -0.1) is 0 Å². The van der Waals surface area contributed by atoms with Crippen LogP contribution in [0.1, 0.15) is 40.2 Å². The molecule has 0 spiro atoms. The quantitative estimate of drug-likeness (QED) is 0.855. The van der Waals surface area contributed by atoms with Crippen molar-refractivity contribution in [3.63, 3.8) is 0 Å². The summed E-state index contributed by atoms with van der Waals surface area (Å²) in [5.74, 6) is 0.610. The van der Waals surface area contributed by atoms with Crippen LogP contribution >= 0.6 is 0 Å². The lowest BCUT2D eigenvalue weighted by Crippen LogP contribution is -2.40. The molecule has 0 aromatic carbocycles. The number of carbonyl (C=O) groups excluding carboxylic acids is 1. The first-order chi connectivity index (χ1) is 10.6. The Morgan fingerprint density at radius 1 is 1.50 bits per heavy atom. The maximum Gasteiger partial charge on any atom is 0.259 e. The van der Waals surface area contributed by atoms with E-state index >= 15 is 0 Å². The van der Waals surface area contributed by atoms with Gasteiger partial charge in [-0.1, -0.05) is 5.16 Å². The van der Waals surface area contributed by atoms with Crippen LogP contribution < -0.4 is 0 Å². The number of nitrogens with zero attached hydrogens (tertiary/aromatic N) is 4. The zero-order chi connectivity index (χ0) is 15.7. The van der Waals surface area contributed by atoms with E-state index in [1.54, 1.807) is 6.92 Å². The predicted molar refractivity (Wildman–Crippen MR) is 78.4 cm³/mol. The van der Waals surface area contributed by atoms with E-state index in [9.17, 15) is 4.79 Å². The van der Waals surface area contributed by atoms with Gasteiger partial charge in [-0.25, -0.2) is 0 Å². The van der Waals surface area contributed by atoms with Gasteiger partial charge in [0.2, 0.25) is 0 Å². The molecule has 0 unspecified atom stereocenters. The van der Waals surface area contributed by atoms with Gasteiger partial charge in [0.1, 0.15) is 11.3 Å². The fourth-order valence-corrected chi connectivity index (χ4v) is 2.98. The number of fused-ring (bicyclic) bond motifs is 1. The molecule has 0 saturated carbocycles. The van der Waals surface area contributed by atoms with Crippen molar-refractivity contribution in [1.29, 1.82) is 0 Å². The zero-order valence-corrected chi connectivity index (χ0v) is 13.1. The van der Waals surface area contributed by atoms with Crippen molar-refractivity contribution in [2.45, 2.75) is 26.3 Å². The first-order valence-electron chi connectivity index (χ1n) is 7.40. The molecule has 2 aromatic heterocycles. The summed E-state index contributed by atoms with van der Waals surface area (Å²) in [4.78, 5) is 14.5. The molecule has 7 heteroatoms. The molecule has 0 N–H and O–H groups in total. The summed E-state index contributed by atoms with van der Waals surface area (Å²) in [6.07, 6.45) is 3.31. The Kier molecular flexibility index (Phi) is 3.98. The summed E-state index contributed by atoms with van der Waals surface area (Å²) in [6, 6.07) is 0. The third-order valence-corrected chi connectivity index (χ3v) is 4.04. The second-order valence-electron chi connectivity index (χ2n) is 5.52. The van der Waals surface area contributed by atoms with Crippen LogP contribution in [0.3, 0.4) is 0 Å². The fraction of sp³-hybridized carbons (Fsp3) is 0.533. The van der Waals surface area contributed by atoms with Crippen molar-refractivity contribution < 1.29 is 14.1 Å². The minimum Gasteiger partial charge on any atom is -0.381 e. The Morgan fingerprint density at radius 3 is 3.00 bits per heavy atom. The average molecular weight is 304 g/mol. The molecule has 0 fully saturated rings. The fourth-order valence-electron chi connectivity index (χ4n) is 2.98. The Labute approximate surface area is 128 Å². The lowest BCUT2D eigenvalue weighted by Gasteiger charge is -2.32. The highest BCUT2D eigenvalue weighted by molar-refractivity contribution is 5.94. The number of hydrogen-bond donors (Lipinski definition) is 0. The Bertz CT molecular complexity index is 676. The normalized spacial score (nSPS) is 17.6. The van der Waals surface area contributed by atoms with E-state index in [0.717, 1.165) is 11.3 Å². The molecule has 1 atom stereocenters. The summed E-state index contributed by atoms with van der Waals surface area (Å²) >= 11 is 0. The van der Waals surface area contributed by atoms with Crippen molar-refractivity contribution in [3.05, 3.63) is 35.0 Å². The van der Waals surface area contributed by atoms with Crippen LogP contribution in [0.4, 0.5) is 0 Å². The number of aryl methyl sites for hydroxylation is 2. The average Bonchev–Trinajstić information content (AvgIpc) is 3.10. The van der Waals surface area contributed by atoms with Gasteiger partial charge in [-0.05, 0) is 13.8 Å². The zero-order valence-electron chi connectivity index (χ0n) is 13.1. The third kappa shape index (κ3) is 2.52. The highest BCUT2D eigenvalue weighted by Gasteiger charge is 2.32. The summed E-state index contributed by atoms with van der Waals surface area (Å²) in [7, 11) is 1.93. The molecular weight excluding hydrogens is 284 g/mol. The molecule has 7 nitrogen and oxygen atoms in total. The van der Waals surface area contributed by atoms with Crippen LogP contribution in [0.2, 0.25) is 0 Å². The topological polar surface area (TPSA) is 73.4 Å². The molecular formula is C15H20N4O3. The van der Waals surface area contributed by atoms with E-state index in [2.05, 4.69) is 10.3 Å². The Hall–Kier alpha value is -2.15. The molecule has 3 heterocycles. The van der Waals surface area contributed by atoms with Crippen LogP contribution in [0, 0.1) is 6.92 Å². The molecule has 0 aliphatic carbocycles.